The lowest BCUT2D eigenvalue weighted by Crippen LogP contribution is -2.32. The predicted octanol–water partition coefficient (Wildman–Crippen LogP) is 2.61. The molecule has 0 spiro atoms. The van der Waals surface area contributed by atoms with E-state index in [9.17, 15) is 4.79 Å². The first-order valence-corrected chi connectivity index (χ1v) is 8.06. The van der Waals surface area contributed by atoms with Crippen molar-refractivity contribution in [3.8, 4) is 11.3 Å². The summed E-state index contributed by atoms with van der Waals surface area (Å²) < 4.78 is 7.29. The molecule has 0 aliphatic carbocycles. The van der Waals surface area contributed by atoms with Gasteiger partial charge < -0.3 is 10.1 Å². The molecule has 122 valence electrons. The number of hydrogen-bond donors (Lipinski definition) is 1. The fourth-order valence-corrected chi connectivity index (χ4v) is 3.03. The molecule has 1 amide bonds. The SMILES string of the molecule is Cc1ccc(-c2cc(C(=O)NCC3CCCO3)nn2C)c(C)c1. The van der Waals surface area contributed by atoms with Crippen molar-refractivity contribution >= 4 is 5.91 Å². The van der Waals surface area contributed by atoms with E-state index in [1.54, 1.807) is 4.68 Å². The second-order valence-electron chi connectivity index (χ2n) is 6.20. The van der Waals surface area contributed by atoms with E-state index in [0.717, 1.165) is 30.7 Å². The number of aryl methyl sites for hydroxylation is 3. The Labute approximate surface area is 136 Å². The Bertz CT molecular complexity index is 715. The highest BCUT2D eigenvalue weighted by atomic mass is 16.5. The van der Waals surface area contributed by atoms with Crippen LogP contribution in [-0.2, 0) is 11.8 Å². The van der Waals surface area contributed by atoms with Gasteiger partial charge in [0.05, 0.1) is 11.8 Å². The second kappa shape index (κ2) is 6.54. The molecule has 1 aliphatic rings. The number of benzene rings is 1. The Kier molecular flexibility index (Phi) is 4.48. The molecule has 0 radical (unpaired) electrons. The molecule has 1 atom stereocenters. The van der Waals surface area contributed by atoms with Gasteiger partial charge in [0.1, 0.15) is 0 Å². The number of ether oxygens (including phenoxy) is 1. The van der Waals surface area contributed by atoms with Crippen molar-refractivity contribution < 1.29 is 9.53 Å². The summed E-state index contributed by atoms with van der Waals surface area (Å²) in [6.07, 6.45) is 2.22. The van der Waals surface area contributed by atoms with Crippen LogP contribution >= 0.6 is 0 Å². The number of aromatic nitrogens is 2. The molecule has 1 fully saturated rings. The van der Waals surface area contributed by atoms with Crippen molar-refractivity contribution in [1.29, 1.82) is 0 Å². The van der Waals surface area contributed by atoms with Crippen molar-refractivity contribution in [3.63, 3.8) is 0 Å². The summed E-state index contributed by atoms with van der Waals surface area (Å²) in [6, 6.07) is 8.14. The number of rotatable bonds is 4. The fraction of sp³-hybridized carbons (Fsp3) is 0.444. The molecule has 1 saturated heterocycles. The third kappa shape index (κ3) is 3.45. The highest BCUT2D eigenvalue weighted by molar-refractivity contribution is 5.93. The van der Waals surface area contributed by atoms with Crippen molar-refractivity contribution in [2.24, 2.45) is 7.05 Å². The Morgan fingerprint density at radius 1 is 1.39 bits per heavy atom. The van der Waals surface area contributed by atoms with Crippen molar-refractivity contribution in [3.05, 3.63) is 41.1 Å². The Morgan fingerprint density at radius 2 is 2.22 bits per heavy atom. The Balaban J connectivity index is 1.75. The topological polar surface area (TPSA) is 56.1 Å². The van der Waals surface area contributed by atoms with Crippen molar-refractivity contribution in [2.45, 2.75) is 32.8 Å². The average molecular weight is 313 g/mol. The van der Waals surface area contributed by atoms with E-state index < -0.39 is 0 Å². The molecule has 0 bridgehead atoms. The van der Waals surface area contributed by atoms with E-state index in [1.165, 1.54) is 11.1 Å². The van der Waals surface area contributed by atoms with Gasteiger partial charge >= 0.3 is 0 Å². The van der Waals surface area contributed by atoms with Crippen LogP contribution < -0.4 is 5.32 Å². The number of carbonyl (C=O) groups is 1. The summed E-state index contributed by atoms with van der Waals surface area (Å²) in [4.78, 5) is 12.3. The van der Waals surface area contributed by atoms with Gasteiger partial charge in [0.15, 0.2) is 5.69 Å². The van der Waals surface area contributed by atoms with Crippen molar-refractivity contribution in [1.82, 2.24) is 15.1 Å². The lowest BCUT2D eigenvalue weighted by atomic mass is 10.0. The summed E-state index contributed by atoms with van der Waals surface area (Å²) >= 11 is 0. The van der Waals surface area contributed by atoms with Crippen LogP contribution in [0.3, 0.4) is 0 Å². The van der Waals surface area contributed by atoms with Gasteiger partial charge in [-0.1, -0.05) is 23.8 Å². The lowest BCUT2D eigenvalue weighted by Gasteiger charge is -2.09. The normalized spacial score (nSPS) is 17.4. The van der Waals surface area contributed by atoms with Crippen LogP contribution in [0.25, 0.3) is 11.3 Å². The van der Waals surface area contributed by atoms with Gasteiger partial charge in [0, 0.05) is 25.8 Å². The minimum Gasteiger partial charge on any atom is -0.376 e. The molecule has 23 heavy (non-hydrogen) atoms. The van der Waals surface area contributed by atoms with Crippen LogP contribution in [0.1, 0.15) is 34.5 Å². The quantitative estimate of drug-likeness (QED) is 0.944. The second-order valence-corrected chi connectivity index (χ2v) is 6.20. The zero-order valence-corrected chi connectivity index (χ0v) is 13.9. The van der Waals surface area contributed by atoms with Crippen LogP contribution in [0.5, 0.6) is 0 Å². The van der Waals surface area contributed by atoms with Gasteiger partial charge in [-0.2, -0.15) is 5.10 Å². The summed E-state index contributed by atoms with van der Waals surface area (Å²) in [7, 11) is 1.87. The third-order valence-electron chi connectivity index (χ3n) is 4.28. The van der Waals surface area contributed by atoms with E-state index in [0.29, 0.717) is 12.2 Å². The van der Waals surface area contributed by atoms with E-state index in [-0.39, 0.29) is 12.0 Å². The molecule has 0 saturated carbocycles. The molecule has 1 aliphatic heterocycles. The first kappa shape index (κ1) is 15.7. The van der Waals surface area contributed by atoms with Gasteiger partial charge in [-0.3, -0.25) is 9.48 Å². The number of nitrogens with one attached hydrogen (secondary N) is 1. The minimum absolute atomic E-state index is 0.140. The highest BCUT2D eigenvalue weighted by Gasteiger charge is 2.19. The van der Waals surface area contributed by atoms with Crippen LogP contribution in [0.2, 0.25) is 0 Å². The van der Waals surface area contributed by atoms with Crippen LogP contribution in [0.15, 0.2) is 24.3 Å². The van der Waals surface area contributed by atoms with Crippen molar-refractivity contribution in [2.75, 3.05) is 13.2 Å². The molecule has 5 nitrogen and oxygen atoms in total. The summed E-state index contributed by atoms with van der Waals surface area (Å²) in [5, 5.41) is 7.28. The number of carbonyl (C=O) groups excluding carboxylic acids is 1. The van der Waals surface area contributed by atoms with Gasteiger partial charge in [-0.05, 0) is 38.3 Å². The van der Waals surface area contributed by atoms with Gasteiger partial charge in [0.2, 0.25) is 0 Å². The zero-order chi connectivity index (χ0) is 16.4. The average Bonchev–Trinajstić information content (AvgIpc) is 3.15. The summed E-state index contributed by atoms with van der Waals surface area (Å²) in [6.45, 7) is 5.49. The van der Waals surface area contributed by atoms with E-state index in [4.69, 9.17) is 4.74 Å². The molecule has 2 aromatic rings. The van der Waals surface area contributed by atoms with Gasteiger partial charge in [0.25, 0.3) is 5.91 Å². The highest BCUT2D eigenvalue weighted by Crippen LogP contribution is 2.24. The number of hydrogen-bond acceptors (Lipinski definition) is 3. The van der Waals surface area contributed by atoms with Gasteiger partial charge in [-0.25, -0.2) is 0 Å². The number of amides is 1. The molecule has 1 aromatic carbocycles. The largest absolute Gasteiger partial charge is 0.376 e. The van der Waals surface area contributed by atoms with Gasteiger partial charge in [-0.15, -0.1) is 0 Å². The zero-order valence-electron chi connectivity index (χ0n) is 13.9. The molecule has 1 N–H and O–H groups in total. The fourth-order valence-electron chi connectivity index (χ4n) is 3.03. The molecular weight excluding hydrogens is 290 g/mol. The van der Waals surface area contributed by atoms with E-state index in [1.807, 2.05) is 13.1 Å². The Hall–Kier alpha value is -2.14. The lowest BCUT2D eigenvalue weighted by molar-refractivity contribution is 0.0853. The molecule has 1 unspecified atom stereocenters. The maximum atomic E-state index is 12.3. The van der Waals surface area contributed by atoms with E-state index >= 15 is 0 Å². The number of nitrogens with zero attached hydrogens (tertiary/aromatic N) is 2. The van der Waals surface area contributed by atoms with Crippen LogP contribution in [0.4, 0.5) is 0 Å². The molecular formula is C18H23N3O2. The van der Waals surface area contributed by atoms with E-state index in [2.05, 4.69) is 42.5 Å². The van der Waals surface area contributed by atoms with Crippen LogP contribution in [-0.4, -0.2) is 34.9 Å². The third-order valence-corrected chi connectivity index (χ3v) is 4.28. The molecule has 5 heteroatoms. The van der Waals surface area contributed by atoms with Crippen LogP contribution in [0, 0.1) is 13.8 Å². The monoisotopic (exact) mass is 313 g/mol. The standard InChI is InChI=1S/C18H23N3O2/c1-12-6-7-15(13(2)9-12)17-10-16(20-21(17)3)18(22)19-11-14-5-4-8-23-14/h6-7,9-10,14H,4-5,8,11H2,1-3H3,(H,19,22). The maximum absolute atomic E-state index is 12.3. The Morgan fingerprint density at radius 3 is 2.91 bits per heavy atom. The molecule has 1 aromatic heterocycles. The smallest absolute Gasteiger partial charge is 0.271 e. The molecule has 3 rings (SSSR count). The molecule has 2 heterocycles. The summed E-state index contributed by atoms with van der Waals surface area (Å²) in [5.74, 6) is -0.146. The summed E-state index contributed by atoms with van der Waals surface area (Å²) in [5.41, 5.74) is 4.90. The minimum atomic E-state index is -0.146. The predicted molar refractivity (Wildman–Crippen MR) is 89.4 cm³/mol. The first-order valence-electron chi connectivity index (χ1n) is 8.06. The first-order chi connectivity index (χ1) is 11.0. The maximum Gasteiger partial charge on any atom is 0.271 e.